The maximum absolute atomic E-state index is 12.6. The number of ether oxygens (including phenoxy) is 1. The summed E-state index contributed by atoms with van der Waals surface area (Å²) in [6, 6.07) is 3.79. The Hall–Kier alpha value is -2.50. The van der Waals surface area contributed by atoms with Crippen molar-refractivity contribution in [2.45, 2.75) is 60.5 Å². The van der Waals surface area contributed by atoms with Gasteiger partial charge in [0, 0.05) is 32.1 Å². The molecule has 1 heterocycles. The number of fused-ring (bicyclic) bond motifs is 1. The van der Waals surface area contributed by atoms with E-state index in [-0.39, 0.29) is 17.1 Å². The molecule has 1 aromatic heterocycles. The molecule has 0 radical (unpaired) electrons. The van der Waals surface area contributed by atoms with Gasteiger partial charge in [-0.15, -0.1) is 0 Å². The molecule has 6 nitrogen and oxygen atoms in total. The van der Waals surface area contributed by atoms with E-state index in [1.54, 1.807) is 6.20 Å². The maximum Gasteiger partial charge on any atom is 0.303 e. The number of esters is 1. The van der Waals surface area contributed by atoms with Gasteiger partial charge in [-0.1, -0.05) is 26.8 Å². The number of Topliss-reactive ketones (excluding diaryl/α,β-unsaturated/α-hetero) is 1. The summed E-state index contributed by atoms with van der Waals surface area (Å²) in [6.07, 6.45) is 1.45. The van der Waals surface area contributed by atoms with Crippen LogP contribution in [0.4, 0.5) is 0 Å². The Morgan fingerprint density at radius 2 is 1.85 bits per heavy atom. The van der Waals surface area contributed by atoms with Crippen LogP contribution in [-0.4, -0.2) is 33.5 Å². The smallest absolute Gasteiger partial charge is 0.303 e. The summed E-state index contributed by atoms with van der Waals surface area (Å²) in [5.74, 6) is -0.724. The lowest BCUT2D eigenvalue weighted by Gasteiger charge is -2.22. The highest BCUT2D eigenvalue weighted by atomic mass is 16.5. The van der Waals surface area contributed by atoms with E-state index in [2.05, 4.69) is 5.10 Å². The fourth-order valence-corrected chi connectivity index (χ4v) is 3.08. The summed E-state index contributed by atoms with van der Waals surface area (Å²) in [7, 11) is 0. The Balaban J connectivity index is 2.34. The van der Waals surface area contributed by atoms with Crippen LogP contribution in [0, 0.1) is 12.3 Å². The molecule has 0 aliphatic carbocycles. The molecule has 0 saturated carbocycles. The van der Waals surface area contributed by atoms with Crippen molar-refractivity contribution >= 4 is 28.6 Å². The number of carbonyl (C=O) groups is 3. The van der Waals surface area contributed by atoms with Crippen LogP contribution in [0.3, 0.4) is 0 Å². The van der Waals surface area contributed by atoms with E-state index in [1.807, 2.05) is 39.8 Å². The number of rotatable bonds is 5. The van der Waals surface area contributed by atoms with Crippen LogP contribution in [0.25, 0.3) is 10.9 Å². The van der Waals surface area contributed by atoms with E-state index < -0.39 is 12.1 Å². The van der Waals surface area contributed by atoms with Crippen LogP contribution in [0.15, 0.2) is 18.3 Å². The third-order valence-corrected chi connectivity index (χ3v) is 4.01. The minimum Gasteiger partial charge on any atom is -0.454 e. The van der Waals surface area contributed by atoms with Crippen LogP contribution in [0.2, 0.25) is 0 Å². The molecular weight excluding hydrogens is 332 g/mol. The zero-order valence-electron chi connectivity index (χ0n) is 16.3. The van der Waals surface area contributed by atoms with Gasteiger partial charge in [-0.2, -0.15) is 5.10 Å². The van der Waals surface area contributed by atoms with Gasteiger partial charge in [0.1, 0.15) is 0 Å². The average Bonchev–Trinajstić information content (AvgIpc) is 2.88. The van der Waals surface area contributed by atoms with Crippen molar-refractivity contribution in [1.29, 1.82) is 0 Å². The number of hydrogen-bond acceptors (Lipinski definition) is 5. The molecule has 0 N–H and O–H groups in total. The number of ketones is 1. The molecule has 0 amide bonds. The monoisotopic (exact) mass is 358 g/mol. The number of aryl methyl sites for hydroxylation is 1. The van der Waals surface area contributed by atoms with Gasteiger partial charge in [0.25, 0.3) is 0 Å². The predicted octanol–water partition coefficient (Wildman–Crippen LogP) is 3.48. The highest BCUT2D eigenvalue weighted by Crippen LogP contribution is 2.24. The number of hydrogen-bond donors (Lipinski definition) is 0. The maximum atomic E-state index is 12.6. The van der Waals surface area contributed by atoms with E-state index in [4.69, 9.17) is 4.74 Å². The van der Waals surface area contributed by atoms with Gasteiger partial charge in [-0.25, -0.2) is 4.68 Å². The quantitative estimate of drug-likeness (QED) is 0.765. The standard InChI is InChI=1S/C20H26N2O4/c1-12-7-15(8-16-11-21-22(13(2)23)19(12)16)9-18(26-14(3)24)17(25)10-20(4,5)6/h7-8,11,18H,9-10H2,1-6H3/t18-/m1/s1. The Labute approximate surface area is 153 Å². The molecule has 2 rings (SSSR count). The highest BCUT2D eigenvalue weighted by Gasteiger charge is 2.27. The van der Waals surface area contributed by atoms with E-state index >= 15 is 0 Å². The van der Waals surface area contributed by atoms with Gasteiger partial charge in [0.2, 0.25) is 5.91 Å². The highest BCUT2D eigenvalue weighted by molar-refractivity contribution is 5.92. The van der Waals surface area contributed by atoms with E-state index in [0.29, 0.717) is 12.8 Å². The normalized spacial score (nSPS) is 12.8. The Kier molecular flexibility index (Phi) is 5.64. The average molecular weight is 358 g/mol. The zero-order valence-corrected chi connectivity index (χ0v) is 16.3. The number of aromatic nitrogens is 2. The first-order chi connectivity index (χ1) is 12.0. The molecule has 0 aliphatic rings. The molecule has 0 unspecified atom stereocenters. The number of carbonyl (C=O) groups excluding carboxylic acids is 3. The third kappa shape index (κ3) is 4.77. The number of benzene rings is 1. The van der Waals surface area contributed by atoms with E-state index in [1.165, 1.54) is 18.5 Å². The Morgan fingerprint density at radius 3 is 2.38 bits per heavy atom. The van der Waals surface area contributed by atoms with Crippen molar-refractivity contribution in [2.24, 2.45) is 5.41 Å². The third-order valence-electron chi connectivity index (χ3n) is 4.01. The predicted molar refractivity (Wildman–Crippen MR) is 99.1 cm³/mol. The van der Waals surface area contributed by atoms with Crippen molar-refractivity contribution in [3.63, 3.8) is 0 Å². The van der Waals surface area contributed by atoms with E-state index in [0.717, 1.165) is 22.0 Å². The second kappa shape index (κ2) is 7.40. The number of nitrogens with zero attached hydrogens (tertiary/aromatic N) is 2. The van der Waals surface area contributed by atoms with Crippen LogP contribution in [-0.2, 0) is 20.7 Å². The summed E-state index contributed by atoms with van der Waals surface area (Å²) in [5, 5.41) is 4.94. The van der Waals surface area contributed by atoms with Crippen molar-refractivity contribution in [3.8, 4) is 0 Å². The topological polar surface area (TPSA) is 78.3 Å². The molecular formula is C20H26N2O4. The molecule has 1 aromatic carbocycles. The lowest BCUT2D eigenvalue weighted by atomic mass is 9.87. The molecule has 6 heteroatoms. The van der Waals surface area contributed by atoms with E-state index in [9.17, 15) is 14.4 Å². The summed E-state index contributed by atoms with van der Waals surface area (Å²) in [6.45, 7) is 10.6. The van der Waals surface area contributed by atoms with Crippen LogP contribution < -0.4 is 0 Å². The van der Waals surface area contributed by atoms with Crippen LogP contribution >= 0.6 is 0 Å². The molecule has 0 bridgehead atoms. The molecule has 0 saturated heterocycles. The lowest BCUT2D eigenvalue weighted by molar-refractivity contribution is -0.153. The van der Waals surface area contributed by atoms with Gasteiger partial charge in [-0.3, -0.25) is 14.4 Å². The molecule has 0 fully saturated rings. The molecule has 140 valence electrons. The second-order valence-corrected chi connectivity index (χ2v) is 7.93. The van der Waals surface area contributed by atoms with Crippen molar-refractivity contribution < 1.29 is 19.1 Å². The zero-order chi connectivity index (χ0) is 19.6. The van der Waals surface area contributed by atoms with Crippen LogP contribution in [0.1, 0.15) is 57.0 Å². The minimum atomic E-state index is -0.813. The van der Waals surface area contributed by atoms with Gasteiger partial charge < -0.3 is 4.74 Å². The summed E-state index contributed by atoms with van der Waals surface area (Å²) < 4.78 is 6.66. The SMILES string of the molecule is CC(=O)O[C@H](Cc1cc(C)c2c(cnn2C(C)=O)c1)C(=O)CC(C)(C)C. The second-order valence-electron chi connectivity index (χ2n) is 7.93. The lowest BCUT2D eigenvalue weighted by Crippen LogP contribution is -2.31. The fraction of sp³-hybridized carbons (Fsp3) is 0.500. The Bertz CT molecular complexity index is 859. The molecule has 0 aliphatic heterocycles. The first-order valence-corrected chi connectivity index (χ1v) is 8.66. The summed E-state index contributed by atoms with van der Waals surface area (Å²) in [5.41, 5.74) is 2.32. The van der Waals surface area contributed by atoms with Gasteiger partial charge in [0.05, 0.1) is 11.7 Å². The minimum absolute atomic E-state index is 0.0927. The molecule has 2 aromatic rings. The fourth-order valence-electron chi connectivity index (χ4n) is 3.08. The summed E-state index contributed by atoms with van der Waals surface area (Å²) in [4.78, 5) is 35.7. The van der Waals surface area contributed by atoms with Gasteiger partial charge in [-0.05, 0) is 29.5 Å². The first kappa shape index (κ1) is 19.8. The van der Waals surface area contributed by atoms with Gasteiger partial charge in [0.15, 0.2) is 11.9 Å². The Morgan fingerprint density at radius 1 is 1.19 bits per heavy atom. The molecule has 0 spiro atoms. The van der Waals surface area contributed by atoms with Crippen LogP contribution in [0.5, 0.6) is 0 Å². The van der Waals surface area contributed by atoms with Crippen molar-refractivity contribution in [3.05, 3.63) is 29.5 Å². The van der Waals surface area contributed by atoms with Gasteiger partial charge >= 0.3 is 5.97 Å². The first-order valence-electron chi connectivity index (χ1n) is 8.66. The largest absolute Gasteiger partial charge is 0.454 e. The molecule has 26 heavy (non-hydrogen) atoms. The van der Waals surface area contributed by atoms with Crippen molar-refractivity contribution in [1.82, 2.24) is 9.78 Å². The van der Waals surface area contributed by atoms with Crippen molar-refractivity contribution in [2.75, 3.05) is 0 Å². The summed E-state index contributed by atoms with van der Waals surface area (Å²) >= 11 is 0. The molecule has 1 atom stereocenters.